The first-order valence-electron chi connectivity index (χ1n) is 5.33. The molecule has 3 unspecified atom stereocenters. The van der Waals surface area contributed by atoms with Crippen molar-refractivity contribution in [2.45, 2.75) is 40.0 Å². The second-order valence-electron chi connectivity index (χ2n) is 5.13. The van der Waals surface area contributed by atoms with Crippen LogP contribution in [0.3, 0.4) is 0 Å². The van der Waals surface area contributed by atoms with E-state index in [0.717, 1.165) is 11.6 Å². The highest BCUT2D eigenvalue weighted by Crippen LogP contribution is 2.56. The van der Waals surface area contributed by atoms with E-state index in [4.69, 9.17) is 5.21 Å². The third-order valence-electron chi connectivity index (χ3n) is 4.53. The van der Waals surface area contributed by atoms with E-state index in [1.165, 1.54) is 19.3 Å². The molecule has 2 fully saturated rings. The van der Waals surface area contributed by atoms with E-state index in [0.29, 0.717) is 11.8 Å². The number of nitrogens with zero attached hydrogens (tertiary/aromatic N) is 1. The fraction of sp³-hybridized carbons (Fsp3) is 0.909. The summed E-state index contributed by atoms with van der Waals surface area (Å²) < 4.78 is 0. The van der Waals surface area contributed by atoms with Crippen molar-refractivity contribution in [2.24, 2.45) is 28.3 Å². The molecular formula is C11H19NO. The largest absolute Gasteiger partial charge is 0.411 e. The van der Waals surface area contributed by atoms with E-state index in [2.05, 4.69) is 25.9 Å². The van der Waals surface area contributed by atoms with Gasteiger partial charge in [0.15, 0.2) is 0 Å². The van der Waals surface area contributed by atoms with Gasteiger partial charge in [0.25, 0.3) is 0 Å². The van der Waals surface area contributed by atoms with Crippen LogP contribution in [0.4, 0.5) is 0 Å². The van der Waals surface area contributed by atoms with Crippen molar-refractivity contribution in [2.75, 3.05) is 0 Å². The van der Waals surface area contributed by atoms with Crippen molar-refractivity contribution >= 4 is 5.71 Å². The maximum absolute atomic E-state index is 9.06. The Labute approximate surface area is 80.0 Å². The average molecular weight is 181 g/mol. The molecule has 13 heavy (non-hydrogen) atoms. The van der Waals surface area contributed by atoms with Gasteiger partial charge in [-0.2, -0.15) is 0 Å². The molecule has 0 heterocycles. The lowest BCUT2D eigenvalue weighted by Gasteiger charge is -2.38. The predicted octanol–water partition coefficient (Wildman–Crippen LogP) is 2.91. The van der Waals surface area contributed by atoms with Crippen LogP contribution in [0.5, 0.6) is 0 Å². The summed E-state index contributed by atoms with van der Waals surface area (Å²) in [5.74, 6) is 1.94. The molecule has 0 amide bonds. The van der Waals surface area contributed by atoms with Crippen molar-refractivity contribution in [3.05, 3.63) is 0 Å². The fourth-order valence-corrected chi connectivity index (χ4v) is 3.38. The Morgan fingerprint density at radius 2 is 2.15 bits per heavy atom. The number of rotatable bonds is 1. The third kappa shape index (κ3) is 0.976. The topological polar surface area (TPSA) is 32.6 Å². The summed E-state index contributed by atoms with van der Waals surface area (Å²) in [6.07, 6.45) is 3.83. The zero-order chi connectivity index (χ0) is 9.64. The van der Waals surface area contributed by atoms with Crippen LogP contribution < -0.4 is 0 Å². The van der Waals surface area contributed by atoms with E-state index in [1.54, 1.807) is 0 Å². The van der Waals surface area contributed by atoms with Gasteiger partial charge in [-0.15, -0.1) is 0 Å². The summed E-state index contributed by atoms with van der Waals surface area (Å²) in [6, 6.07) is 0. The van der Waals surface area contributed by atoms with Crippen LogP contribution in [-0.4, -0.2) is 10.9 Å². The highest BCUT2D eigenvalue weighted by atomic mass is 16.4. The van der Waals surface area contributed by atoms with Crippen LogP contribution in [0.25, 0.3) is 0 Å². The Balaban J connectivity index is 2.37. The standard InChI is InChI=1S/C11H19NO/c1-7(2)11(3)9-5-4-8(6-9)10(11)12-13/h7-9,13H,4-6H2,1-3H3. The molecule has 3 atom stereocenters. The molecule has 2 bridgehead atoms. The van der Waals surface area contributed by atoms with Crippen LogP contribution in [-0.2, 0) is 0 Å². The lowest BCUT2D eigenvalue weighted by Crippen LogP contribution is -2.38. The Morgan fingerprint density at radius 1 is 1.46 bits per heavy atom. The molecular weight excluding hydrogens is 162 g/mol. The molecule has 2 aliphatic carbocycles. The summed E-state index contributed by atoms with van der Waals surface area (Å²) in [5.41, 5.74) is 1.26. The molecule has 0 spiro atoms. The van der Waals surface area contributed by atoms with Crippen molar-refractivity contribution < 1.29 is 5.21 Å². The third-order valence-corrected chi connectivity index (χ3v) is 4.53. The summed E-state index contributed by atoms with van der Waals surface area (Å²) >= 11 is 0. The smallest absolute Gasteiger partial charge is 0.0665 e. The normalized spacial score (nSPS) is 46.6. The second-order valence-corrected chi connectivity index (χ2v) is 5.13. The number of hydrogen-bond donors (Lipinski definition) is 1. The summed E-state index contributed by atoms with van der Waals surface area (Å²) in [5, 5.41) is 12.6. The lowest BCUT2D eigenvalue weighted by atomic mass is 9.66. The van der Waals surface area contributed by atoms with Gasteiger partial charge in [0.1, 0.15) is 0 Å². The lowest BCUT2D eigenvalue weighted by molar-refractivity contribution is 0.206. The minimum absolute atomic E-state index is 0.178. The Hall–Kier alpha value is -0.530. The molecule has 0 aromatic carbocycles. The van der Waals surface area contributed by atoms with Crippen LogP contribution in [0.2, 0.25) is 0 Å². The average Bonchev–Trinajstić information content (AvgIpc) is 2.62. The summed E-state index contributed by atoms with van der Waals surface area (Å²) in [4.78, 5) is 0. The van der Waals surface area contributed by atoms with Gasteiger partial charge in [0, 0.05) is 11.3 Å². The van der Waals surface area contributed by atoms with Gasteiger partial charge in [0.2, 0.25) is 0 Å². The van der Waals surface area contributed by atoms with Crippen LogP contribution >= 0.6 is 0 Å². The molecule has 1 N–H and O–H groups in total. The molecule has 2 aliphatic rings. The maximum Gasteiger partial charge on any atom is 0.0665 e. The second kappa shape index (κ2) is 2.73. The van der Waals surface area contributed by atoms with Gasteiger partial charge >= 0.3 is 0 Å². The Kier molecular flexibility index (Phi) is 1.90. The number of oxime groups is 1. The van der Waals surface area contributed by atoms with E-state index in [9.17, 15) is 0 Å². The molecule has 74 valence electrons. The molecule has 2 nitrogen and oxygen atoms in total. The fourth-order valence-electron chi connectivity index (χ4n) is 3.38. The van der Waals surface area contributed by atoms with E-state index in [1.807, 2.05) is 0 Å². The number of hydrogen-bond acceptors (Lipinski definition) is 2. The van der Waals surface area contributed by atoms with Gasteiger partial charge in [-0.3, -0.25) is 0 Å². The van der Waals surface area contributed by atoms with E-state index >= 15 is 0 Å². The van der Waals surface area contributed by atoms with Crippen molar-refractivity contribution in [1.82, 2.24) is 0 Å². The van der Waals surface area contributed by atoms with E-state index < -0.39 is 0 Å². The molecule has 2 rings (SSSR count). The molecule has 0 aliphatic heterocycles. The van der Waals surface area contributed by atoms with Crippen LogP contribution in [0.1, 0.15) is 40.0 Å². The molecule has 0 aromatic rings. The van der Waals surface area contributed by atoms with E-state index in [-0.39, 0.29) is 5.41 Å². The first kappa shape index (κ1) is 9.04. The predicted molar refractivity (Wildman–Crippen MR) is 53.0 cm³/mol. The molecule has 0 aromatic heterocycles. The van der Waals surface area contributed by atoms with Gasteiger partial charge in [-0.05, 0) is 31.1 Å². The zero-order valence-corrected chi connectivity index (χ0v) is 8.75. The van der Waals surface area contributed by atoms with Crippen LogP contribution in [0, 0.1) is 23.2 Å². The molecule has 2 saturated carbocycles. The minimum Gasteiger partial charge on any atom is -0.411 e. The molecule has 0 saturated heterocycles. The summed E-state index contributed by atoms with van der Waals surface area (Å²) in [7, 11) is 0. The summed E-state index contributed by atoms with van der Waals surface area (Å²) in [6.45, 7) is 6.76. The van der Waals surface area contributed by atoms with Gasteiger partial charge in [-0.25, -0.2) is 0 Å². The van der Waals surface area contributed by atoms with Gasteiger partial charge in [0.05, 0.1) is 5.71 Å². The number of fused-ring (bicyclic) bond motifs is 2. The van der Waals surface area contributed by atoms with Crippen molar-refractivity contribution in [3.8, 4) is 0 Å². The zero-order valence-electron chi connectivity index (χ0n) is 8.75. The minimum atomic E-state index is 0.178. The highest BCUT2D eigenvalue weighted by molar-refractivity contribution is 5.95. The van der Waals surface area contributed by atoms with Crippen molar-refractivity contribution in [3.63, 3.8) is 0 Å². The first-order chi connectivity index (χ1) is 6.10. The van der Waals surface area contributed by atoms with Crippen LogP contribution in [0.15, 0.2) is 5.16 Å². The Bertz CT molecular complexity index is 246. The maximum atomic E-state index is 9.06. The first-order valence-corrected chi connectivity index (χ1v) is 5.33. The van der Waals surface area contributed by atoms with Gasteiger partial charge in [-0.1, -0.05) is 25.9 Å². The van der Waals surface area contributed by atoms with Crippen molar-refractivity contribution in [1.29, 1.82) is 0 Å². The molecule has 2 heteroatoms. The quantitative estimate of drug-likeness (QED) is 0.489. The molecule has 0 radical (unpaired) electrons. The monoisotopic (exact) mass is 181 g/mol. The Morgan fingerprint density at radius 3 is 2.62 bits per heavy atom. The van der Waals surface area contributed by atoms with Gasteiger partial charge < -0.3 is 5.21 Å². The SMILES string of the molecule is CC(C)C1(C)C(=NO)C2CCC1C2. The highest BCUT2D eigenvalue weighted by Gasteiger charge is 2.54.